The molecule has 1 unspecified atom stereocenters. The summed E-state index contributed by atoms with van der Waals surface area (Å²) in [5.41, 5.74) is 4.94. The van der Waals surface area contributed by atoms with E-state index in [1.807, 2.05) is 0 Å². The molecule has 6 heteroatoms. The van der Waals surface area contributed by atoms with Crippen molar-refractivity contribution in [2.75, 3.05) is 6.54 Å². The molecule has 0 bridgehead atoms. The van der Waals surface area contributed by atoms with Gasteiger partial charge >= 0.3 is 5.97 Å². The SMILES string of the molecule is CC(=O)NCC(N)=O.CC(CCC(C)(C)C)C(=O)O. The van der Waals surface area contributed by atoms with Gasteiger partial charge in [-0.25, -0.2) is 0 Å². The van der Waals surface area contributed by atoms with E-state index in [4.69, 9.17) is 5.11 Å². The van der Waals surface area contributed by atoms with E-state index in [-0.39, 0.29) is 23.8 Å². The second-order valence-electron chi connectivity index (χ2n) is 5.71. The number of primary amides is 1. The van der Waals surface area contributed by atoms with Crippen LogP contribution in [-0.2, 0) is 14.4 Å². The molecular weight excluding hydrogens is 248 g/mol. The summed E-state index contributed by atoms with van der Waals surface area (Å²) in [5, 5.41) is 10.8. The molecular formula is C13H26N2O4. The molecule has 0 aromatic rings. The molecule has 0 radical (unpaired) electrons. The van der Waals surface area contributed by atoms with Gasteiger partial charge in [0.05, 0.1) is 12.5 Å². The predicted octanol–water partition coefficient (Wildman–Crippen LogP) is 1.14. The van der Waals surface area contributed by atoms with Crippen LogP contribution >= 0.6 is 0 Å². The highest BCUT2D eigenvalue weighted by Crippen LogP contribution is 2.23. The van der Waals surface area contributed by atoms with E-state index in [0.29, 0.717) is 0 Å². The Morgan fingerprint density at radius 3 is 1.95 bits per heavy atom. The maximum atomic E-state index is 10.4. The van der Waals surface area contributed by atoms with Crippen LogP contribution in [0.15, 0.2) is 0 Å². The van der Waals surface area contributed by atoms with Gasteiger partial charge in [0.15, 0.2) is 0 Å². The van der Waals surface area contributed by atoms with Crippen LogP contribution < -0.4 is 11.1 Å². The number of nitrogens with one attached hydrogen (secondary N) is 1. The van der Waals surface area contributed by atoms with E-state index in [1.165, 1.54) is 6.92 Å². The topological polar surface area (TPSA) is 109 Å². The summed E-state index contributed by atoms with van der Waals surface area (Å²) in [5.74, 6) is -1.66. The average Bonchev–Trinajstić information content (AvgIpc) is 2.22. The first-order valence-corrected chi connectivity index (χ1v) is 6.21. The summed E-state index contributed by atoms with van der Waals surface area (Å²) in [6.45, 7) is 9.39. The van der Waals surface area contributed by atoms with E-state index in [2.05, 4.69) is 31.8 Å². The molecule has 0 aromatic heterocycles. The average molecular weight is 274 g/mol. The molecule has 1 atom stereocenters. The fourth-order valence-electron chi connectivity index (χ4n) is 0.985. The second-order valence-corrected chi connectivity index (χ2v) is 5.71. The Kier molecular flexibility index (Phi) is 9.72. The number of amides is 2. The van der Waals surface area contributed by atoms with Crippen LogP contribution in [0.25, 0.3) is 0 Å². The Labute approximate surface area is 114 Å². The minimum atomic E-state index is -0.686. The summed E-state index contributed by atoms with van der Waals surface area (Å²) >= 11 is 0. The number of nitrogens with two attached hydrogens (primary N) is 1. The predicted molar refractivity (Wildman–Crippen MR) is 73.4 cm³/mol. The summed E-state index contributed by atoms with van der Waals surface area (Å²) in [6.07, 6.45) is 1.75. The molecule has 0 aliphatic rings. The maximum absolute atomic E-state index is 10.4. The Morgan fingerprint density at radius 2 is 1.74 bits per heavy atom. The van der Waals surface area contributed by atoms with Gasteiger partial charge in [0.1, 0.15) is 0 Å². The molecule has 0 aliphatic heterocycles. The van der Waals surface area contributed by atoms with Crippen molar-refractivity contribution in [1.82, 2.24) is 5.32 Å². The number of carboxylic acids is 1. The van der Waals surface area contributed by atoms with Crippen molar-refractivity contribution in [3.8, 4) is 0 Å². The molecule has 0 saturated carbocycles. The lowest BCUT2D eigenvalue weighted by Gasteiger charge is -2.18. The molecule has 0 heterocycles. The molecule has 112 valence electrons. The Morgan fingerprint density at radius 1 is 1.26 bits per heavy atom. The van der Waals surface area contributed by atoms with Gasteiger partial charge in [0, 0.05) is 6.92 Å². The van der Waals surface area contributed by atoms with Crippen molar-refractivity contribution < 1.29 is 19.5 Å². The van der Waals surface area contributed by atoms with E-state index in [0.717, 1.165) is 12.8 Å². The zero-order valence-corrected chi connectivity index (χ0v) is 12.4. The highest BCUT2D eigenvalue weighted by atomic mass is 16.4. The quantitative estimate of drug-likeness (QED) is 0.698. The van der Waals surface area contributed by atoms with Crippen LogP contribution in [0.3, 0.4) is 0 Å². The van der Waals surface area contributed by atoms with Gasteiger partial charge in [-0.1, -0.05) is 27.7 Å². The van der Waals surface area contributed by atoms with Crippen molar-refractivity contribution in [1.29, 1.82) is 0 Å². The van der Waals surface area contributed by atoms with Gasteiger partial charge in [0.25, 0.3) is 0 Å². The van der Waals surface area contributed by atoms with E-state index >= 15 is 0 Å². The highest BCUT2D eigenvalue weighted by molar-refractivity contribution is 5.82. The fourth-order valence-corrected chi connectivity index (χ4v) is 0.985. The van der Waals surface area contributed by atoms with E-state index in [1.54, 1.807) is 6.92 Å². The molecule has 0 aromatic carbocycles. The van der Waals surface area contributed by atoms with Gasteiger partial charge < -0.3 is 16.2 Å². The second kappa shape index (κ2) is 9.35. The first-order chi connectivity index (χ1) is 8.45. The van der Waals surface area contributed by atoms with Crippen LogP contribution in [0.4, 0.5) is 0 Å². The van der Waals surface area contributed by atoms with Crippen LogP contribution in [0, 0.1) is 11.3 Å². The van der Waals surface area contributed by atoms with Crippen LogP contribution in [0.1, 0.15) is 47.5 Å². The summed E-state index contributed by atoms with van der Waals surface area (Å²) < 4.78 is 0. The number of aliphatic carboxylic acids is 1. The lowest BCUT2D eigenvalue weighted by Crippen LogP contribution is -2.31. The third kappa shape index (κ3) is 18.9. The normalized spacial score (nSPS) is 11.8. The number of carboxylic acid groups (broad SMARTS) is 1. The maximum Gasteiger partial charge on any atom is 0.306 e. The number of carbonyl (C=O) groups is 3. The third-order valence-electron chi connectivity index (χ3n) is 2.26. The summed E-state index contributed by atoms with van der Waals surface area (Å²) in [7, 11) is 0. The minimum Gasteiger partial charge on any atom is -0.481 e. The fraction of sp³-hybridized carbons (Fsp3) is 0.769. The minimum absolute atomic E-state index is 0.0741. The molecule has 0 rings (SSSR count). The molecule has 19 heavy (non-hydrogen) atoms. The lowest BCUT2D eigenvalue weighted by molar-refractivity contribution is -0.141. The molecule has 0 aliphatic carbocycles. The monoisotopic (exact) mass is 274 g/mol. The zero-order chi connectivity index (χ0) is 15.6. The molecule has 0 fully saturated rings. The number of hydrogen-bond acceptors (Lipinski definition) is 3. The van der Waals surface area contributed by atoms with Crippen LogP contribution in [0.5, 0.6) is 0 Å². The zero-order valence-electron chi connectivity index (χ0n) is 12.4. The van der Waals surface area contributed by atoms with Crippen molar-refractivity contribution in [3.63, 3.8) is 0 Å². The highest BCUT2D eigenvalue weighted by Gasteiger charge is 2.16. The van der Waals surface area contributed by atoms with Gasteiger partial charge in [-0.2, -0.15) is 0 Å². The smallest absolute Gasteiger partial charge is 0.306 e. The van der Waals surface area contributed by atoms with E-state index < -0.39 is 11.9 Å². The van der Waals surface area contributed by atoms with Gasteiger partial charge in [0.2, 0.25) is 11.8 Å². The first-order valence-electron chi connectivity index (χ1n) is 6.21. The first kappa shape index (κ1) is 19.7. The molecule has 0 saturated heterocycles. The molecule has 2 amide bonds. The lowest BCUT2D eigenvalue weighted by atomic mass is 9.87. The standard InChI is InChI=1S/C9H18O2.C4H8N2O2/c1-7(8(10)11)5-6-9(2,3)4;1-3(7)6-2-4(5)8/h7H,5-6H2,1-4H3,(H,10,11);2H2,1H3,(H2,5,8)(H,6,7). The molecule has 0 spiro atoms. The van der Waals surface area contributed by atoms with Gasteiger partial charge in [-0.15, -0.1) is 0 Å². The summed E-state index contributed by atoms with van der Waals surface area (Å²) in [6, 6.07) is 0. The van der Waals surface area contributed by atoms with Crippen molar-refractivity contribution in [2.45, 2.75) is 47.5 Å². The van der Waals surface area contributed by atoms with Crippen molar-refractivity contribution in [3.05, 3.63) is 0 Å². The van der Waals surface area contributed by atoms with Gasteiger partial charge in [-0.05, 0) is 18.3 Å². The Balaban J connectivity index is 0. The molecule has 6 nitrogen and oxygen atoms in total. The molecule has 4 N–H and O–H groups in total. The largest absolute Gasteiger partial charge is 0.481 e. The van der Waals surface area contributed by atoms with Crippen LogP contribution in [-0.4, -0.2) is 29.4 Å². The number of carbonyl (C=O) groups excluding carboxylic acids is 2. The van der Waals surface area contributed by atoms with Gasteiger partial charge in [-0.3, -0.25) is 14.4 Å². The summed E-state index contributed by atoms with van der Waals surface area (Å²) in [4.78, 5) is 30.4. The van der Waals surface area contributed by atoms with Crippen LogP contribution in [0.2, 0.25) is 0 Å². The van der Waals surface area contributed by atoms with E-state index in [9.17, 15) is 14.4 Å². The number of rotatable bonds is 5. The number of hydrogen-bond donors (Lipinski definition) is 3. The third-order valence-corrected chi connectivity index (χ3v) is 2.26. The van der Waals surface area contributed by atoms with Crippen molar-refractivity contribution >= 4 is 17.8 Å². The Bertz CT molecular complexity index is 294. The van der Waals surface area contributed by atoms with Crippen molar-refractivity contribution in [2.24, 2.45) is 17.1 Å². The Hall–Kier alpha value is -1.59.